The summed E-state index contributed by atoms with van der Waals surface area (Å²) in [6.45, 7) is 2.58. The lowest BCUT2D eigenvalue weighted by molar-refractivity contribution is -0.153. The van der Waals surface area contributed by atoms with Crippen LogP contribution in [0.1, 0.15) is 19.8 Å². The smallest absolute Gasteiger partial charge is 0.337 e. The summed E-state index contributed by atoms with van der Waals surface area (Å²) < 4.78 is 30.8. The van der Waals surface area contributed by atoms with E-state index in [1.54, 1.807) is 24.3 Å². The van der Waals surface area contributed by atoms with Gasteiger partial charge in [0, 0.05) is 10.6 Å². The van der Waals surface area contributed by atoms with E-state index >= 15 is 0 Å². The molecule has 0 radical (unpaired) electrons. The molecule has 152 valence electrons. The largest absolute Gasteiger partial charge is 0.494 e. The van der Waals surface area contributed by atoms with Crippen molar-refractivity contribution in [3.8, 4) is 5.75 Å². The van der Waals surface area contributed by atoms with Crippen molar-refractivity contribution < 1.29 is 28.2 Å². The minimum Gasteiger partial charge on any atom is -0.494 e. The van der Waals surface area contributed by atoms with Gasteiger partial charge in [0.25, 0.3) is 0 Å². The molecule has 0 aliphatic carbocycles. The molecule has 0 saturated carbocycles. The molecule has 0 heterocycles. The van der Waals surface area contributed by atoms with Crippen LogP contribution in [0.3, 0.4) is 0 Å². The number of ether oxygens (including phenoxy) is 1. The summed E-state index contributed by atoms with van der Waals surface area (Å²) in [5.41, 5.74) is -2.41. The molecule has 0 aliphatic heterocycles. The quantitative estimate of drug-likeness (QED) is 0.422. The highest BCUT2D eigenvalue weighted by Gasteiger charge is 2.41. The molecule has 0 spiro atoms. The van der Waals surface area contributed by atoms with E-state index in [9.17, 15) is 23.4 Å². The predicted octanol–water partition coefficient (Wildman–Crippen LogP) is 3.25. The SMILES string of the molecule is CCCCOc1ccc(S(=O)(=O)CC(O)(CSc2ccccc2)C(=O)O)cc1. The molecule has 2 aromatic rings. The second-order valence-electron chi connectivity index (χ2n) is 6.37. The normalized spacial score (nSPS) is 13.6. The molecule has 2 rings (SSSR count). The maximum Gasteiger partial charge on any atom is 0.337 e. The average molecular weight is 425 g/mol. The molecule has 0 aliphatic rings. The van der Waals surface area contributed by atoms with Crippen molar-refractivity contribution in [3.63, 3.8) is 0 Å². The Balaban J connectivity index is 2.10. The third-order valence-corrected chi connectivity index (χ3v) is 7.07. The Morgan fingerprint density at radius 2 is 1.75 bits per heavy atom. The highest BCUT2D eigenvalue weighted by Crippen LogP contribution is 2.26. The number of carbonyl (C=O) groups is 1. The second kappa shape index (κ2) is 9.95. The van der Waals surface area contributed by atoms with Crippen LogP contribution in [-0.2, 0) is 14.6 Å². The lowest BCUT2D eigenvalue weighted by atomic mass is 10.1. The standard InChI is InChI=1S/C20H24O6S2/c1-2-3-13-26-16-9-11-18(12-10-16)28(24,25)15-20(23,19(21)22)14-27-17-7-5-4-6-8-17/h4-12,23H,2-3,13-15H2,1H3,(H,21,22). The van der Waals surface area contributed by atoms with Gasteiger partial charge in [-0.25, -0.2) is 13.2 Å². The molecular formula is C20H24O6S2. The van der Waals surface area contributed by atoms with Crippen molar-refractivity contribution in [2.45, 2.75) is 35.2 Å². The van der Waals surface area contributed by atoms with Crippen molar-refractivity contribution in [1.82, 2.24) is 0 Å². The molecule has 0 amide bonds. The number of aliphatic carboxylic acids is 1. The minimum atomic E-state index is -4.01. The van der Waals surface area contributed by atoms with Crippen molar-refractivity contribution >= 4 is 27.6 Å². The van der Waals surface area contributed by atoms with Crippen LogP contribution >= 0.6 is 11.8 Å². The number of hydrogen-bond donors (Lipinski definition) is 2. The van der Waals surface area contributed by atoms with Gasteiger partial charge in [-0.2, -0.15) is 0 Å². The average Bonchev–Trinajstić information content (AvgIpc) is 2.67. The van der Waals surface area contributed by atoms with E-state index in [0.717, 1.165) is 29.5 Å². The minimum absolute atomic E-state index is 0.0558. The van der Waals surface area contributed by atoms with E-state index in [1.807, 2.05) is 13.0 Å². The molecule has 0 bridgehead atoms. The first kappa shape index (κ1) is 22.3. The summed E-state index contributed by atoms with van der Waals surface area (Å²) in [5, 5.41) is 20.0. The number of benzene rings is 2. The Morgan fingerprint density at radius 3 is 2.32 bits per heavy atom. The Hall–Kier alpha value is -2.03. The fraction of sp³-hybridized carbons (Fsp3) is 0.350. The molecule has 1 unspecified atom stereocenters. The first-order valence-corrected chi connectivity index (χ1v) is 11.5. The van der Waals surface area contributed by atoms with Crippen LogP contribution in [0.4, 0.5) is 0 Å². The highest BCUT2D eigenvalue weighted by atomic mass is 32.2. The first-order valence-electron chi connectivity index (χ1n) is 8.86. The topological polar surface area (TPSA) is 101 Å². The number of carboxylic acids is 1. The predicted molar refractivity (Wildman–Crippen MR) is 109 cm³/mol. The van der Waals surface area contributed by atoms with E-state index < -0.39 is 27.2 Å². The zero-order valence-electron chi connectivity index (χ0n) is 15.6. The van der Waals surface area contributed by atoms with E-state index in [-0.39, 0.29) is 10.6 Å². The Labute approximate surface area is 169 Å². The zero-order chi connectivity index (χ0) is 20.6. The van der Waals surface area contributed by atoms with Crippen LogP contribution in [-0.4, -0.2) is 48.3 Å². The summed E-state index contributed by atoms with van der Waals surface area (Å²) in [4.78, 5) is 12.3. The summed E-state index contributed by atoms with van der Waals surface area (Å²) in [5.74, 6) is -2.23. The van der Waals surface area contributed by atoms with Gasteiger partial charge >= 0.3 is 5.97 Å². The number of thioether (sulfide) groups is 1. The molecule has 0 saturated heterocycles. The van der Waals surface area contributed by atoms with Crippen molar-refractivity contribution in [3.05, 3.63) is 54.6 Å². The molecule has 6 nitrogen and oxygen atoms in total. The number of unbranched alkanes of at least 4 members (excludes halogenated alkanes) is 1. The molecule has 8 heteroatoms. The second-order valence-corrected chi connectivity index (χ2v) is 9.41. The lowest BCUT2D eigenvalue weighted by Crippen LogP contribution is -2.47. The molecule has 2 N–H and O–H groups in total. The van der Waals surface area contributed by atoms with Gasteiger partial charge in [0.2, 0.25) is 0 Å². The van der Waals surface area contributed by atoms with Gasteiger partial charge in [0.1, 0.15) is 5.75 Å². The van der Waals surface area contributed by atoms with Crippen LogP contribution < -0.4 is 4.74 Å². The van der Waals surface area contributed by atoms with E-state index in [4.69, 9.17) is 4.74 Å². The summed E-state index contributed by atoms with van der Waals surface area (Å²) >= 11 is 1.09. The number of hydrogen-bond acceptors (Lipinski definition) is 6. The number of carboxylic acid groups (broad SMARTS) is 1. The van der Waals surface area contributed by atoms with Gasteiger partial charge in [-0.1, -0.05) is 31.5 Å². The van der Waals surface area contributed by atoms with Gasteiger partial charge in [-0.05, 0) is 42.8 Å². The van der Waals surface area contributed by atoms with Crippen molar-refractivity contribution in [2.75, 3.05) is 18.1 Å². The Bertz CT molecular complexity index is 865. The summed E-state index contributed by atoms with van der Waals surface area (Å²) in [7, 11) is -4.01. The molecule has 1 atom stereocenters. The fourth-order valence-electron chi connectivity index (χ4n) is 2.36. The van der Waals surface area contributed by atoms with Gasteiger partial charge in [-0.3, -0.25) is 0 Å². The van der Waals surface area contributed by atoms with Crippen LogP contribution in [0.25, 0.3) is 0 Å². The molecular weight excluding hydrogens is 400 g/mol. The first-order chi connectivity index (χ1) is 13.3. The maximum absolute atomic E-state index is 12.7. The van der Waals surface area contributed by atoms with E-state index in [0.29, 0.717) is 12.4 Å². The van der Waals surface area contributed by atoms with Crippen molar-refractivity contribution in [2.24, 2.45) is 0 Å². The van der Waals surface area contributed by atoms with Gasteiger partial charge in [0.05, 0.1) is 17.3 Å². The van der Waals surface area contributed by atoms with E-state index in [2.05, 4.69) is 0 Å². The number of aliphatic hydroxyl groups is 1. The molecule has 2 aromatic carbocycles. The third-order valence-electron chi connectivity index (χ3n) is 4.00. The third kappa shape index (κ3) is 6.25. The highest BCUT2D eigenvalue weighted by molar-refractivity contribution is 7.99. The van der Waals surface area contributed by atoms with Crippen molar-refractivity contribution in [1.29, 1.82) is 0 Å². The lowest BCUT2D eigenvalue weighted by Gasteiger charge is -2.23. The monoisotopic (exact) mass is 424 g/mol. The zero-order valence-corrected chi connectivity index (χ0v) is 17.2. The van der Waals surface area contributed by atoms with E-state index in [1.165, 1.54) is 24.3 Å². The van der Waals surface area contributed by atoms with Crippen LogP contribution in [0.2, 0.25) is 0 Å². The van der Waals surface area contributed by atoms with Crippen LogP contribution in [0.15, 0.2) is 64.4 Å². The van der Waals surface area contributed by atoms with Crippen LogP contribution in [0.5, 0.6) is 5.75 Å². The Morgan fingerprint density at radius 1 is 1.11 bits per heavy atom. The molecule has 28 heavy (non-hydrogen) atoms. The fourth-order valence-corrected chi connectivity index (χ4v) is 5.04. The summed E-state index contributed by atoms with van der Waals surface area (Å²) in [6, 6.07) is 14.7. The van der Waals surface area contributed by atoms with Gasteiger partial charge in [-0.15, -0.1) is 11.8 Å². The Kier molecular flexibility index (Phi) is 7.91. The molecule has 0 fully saturated rings. The number of sulfone groups is 1. The summed E-state index contributed by atoms with van der Waals surface area (Å²) in [6.07, 6.45) is 1.88. The number of rotatable bonds is 11. The van der Waals surface area contributed by atoms with Gasteiger partial charge in [0.15, 0.2) is 15.4 Å². The maximum atomic E-state index is 12.7. The molecule has 0 aromatic heterocycles. The van der Waals surface area contributed by atoms with Crippen LogP contribution in [0, 0.1) is 0 Å². The van der Waals surface area contributed by atoms with Gasteiger partial charge < -0.3 is 14.9 Å².